The molecule has 1 saturated heterocycles. The van der Waals surface area contributed by atoms with Gasteiger partial charge in [0.15, 0.2) is 0 Å². The first-order valence-corrected chi connectivity index (χ1v) is 8.71. The van der Waals surface area contributed by atoms with E-state index >= 15 is 0 Å². The van der Waals surface area contributed by atoms with Gasteiger partial charge in [-0.1, -0.05) is 43.5 Å². The number of benzene rings is 1. The fourth-order valence-corrected chi connectivity index (χ4v) is 3.01. The Bertz CT molecular complexity index is 679. The van der Waals surface area contributed by atoms with Crippen LogP contribution in [0, 0.1) is 5.92 Å². The maximum Gasteiger partial charge on any atom is 0.333 e. The van der Waals surface area contributed by atoms with Gasteiger partial charge in [0.25, 0.3) is 0 Å². The molecule has 0 saturated carbocycles. The summed E-state index contributed by atoms with van der Waals surface area (Å²) in [6.07, 6.45) is 1.21. The van der Waals surface area contributed by atoms with Crippen molar-refractivity contribution in [3.05, 3.63) is 60.2 Å². The van der Waals surface area contributed by atoms with Crippen LogP contribution in [0.3, 0.4) is 0 Å². The third-order valence-electron chi connectivity index (χ3n) is 4.57. The summed E-state index contributed by atoms with van der Waals surface area (Å²) in [5.41, 5.74) is 1.26. The third kappa shape index (κ3) is 4.61. The molecule has 1 aromatic rings. The summed E-state index contributed by atoms with van der Waals surface area (Å²) in [6, 6.07) is 9.87. The van der Waals surface area contributed by atoms with E-state index < -0.39 is 11.6 Å². The van der Waals surface area contributed by atoms with Crippen molar-refractivity contribution in [2.45, 2.75) is 32.3 Å². The summed E-state index contributed by atoms with van der Waals surface area (Å²) in [4.78, 5) is 23.2. The molecular weight excluding hydrogens is 332 g/mol. The van der Waals surface area contributed by atoms with Crippen LogP contribution in [0.1, 0.15) is 32.3 Å². The number of carbonyl (C=O) groups excluding carboxylic acids is 2. The highest BCUT2D eigenvalue weighted by Crippen LogP contribution is 2.47. The summed E-state index contributed by atoms with van der Waals surface area (Å²) in [5, 5.41) is 0. The van der Waals surface area contributed by atoms with Crippen molar-refractivity contribution >= 4 is 11.9 Å². The van der Waals surface area contributed by atoms with Crippen LogP contribution >= 0.6 is 0 Å². The molecule has 2 unspecified atom stereocenters. The molecule has 26 heavy (non-hydrogen) atoms. The van der Waals surface area contributed by atoms with Crippen molar-refractivity contribution < 1.29 is 23.8 Å². The van der Waals surface area contributed by atoms with Gasteiger partial charge in [0.05, 0.1) is 19.8 Å². The molecule has 1 heterocycles. The summed E-state index contributed by atoms with van der Waals surface area (Å²) >= 11 is 0. The van der Waals surface area contributed by atoms with E-state index in [2.05, 4.69) is 13.2 Å². The molecule has 1 aliphatic heterocycles. The zero-order valence-electron chi connectivity index (χ0n) is 15.5. The first-order valence-electron chi connectivity index (χ1n) is 8.71. The molecule has 2 rings (SSSR count). The Morgan fingerprint density at radius 2 is 1.65 bits per heavy atom. The van der Waals surface area contributed by atoms with E-state index in [-0.39, 0.29) is 18.5 Å². The Hall–Kier alpha value is -2.40. The van der Waals surface area contributed by atoms with Gasteiger partial charge < -0.3 is 14.2 Å². The van der Waals surface area contributed by atoms with E-state index in [0.717, 1.165) is 5.56 Å². The number of hydrogen-bond donors (Lipinski definition) is 0. The van der Waals surface area contributed by atoms with E-state index in [4.69, 9.17) is 14.2 Å². The lowest BCUT2D eigenvalue weighted by Gasteiger charge is -2.50. The van der Waals surface area contributed by atoms with Crippen LogP contribution in [0.15, 0.2) is 54.6 Å². The minimum absolute atomic E-state index is 0.173. The fourth-order valence-electron chi connectivity index (χ4n) is 3.01. The van der Waals surface area contributed by atoms with E-state index in [9.17, 15) is 9.59 Å². The van der Waals surface area contributed by atoms with Crippen LogP contribution in [0.4, 0.5) is 0 Å². The Morgan fingerprint density at radius 1 is 1.08 bits per heavy atom. The summed E-state index contributed by atoms with van der Waals surface area (Å²) in [5.74, 6) is -0.614. The number of rotatable bonds is 9. The second-order valence-electron chi connectivity index (χ2n) is 6.63. The van der Waals surface area contributed by atoms with Crippen LogP contribution < -0.4 is 0 Å². The SMILES string of the molecule is C=C(C)C(=O)OCCC1COC1(CCOC(=O)C(=C)C)c1ccccc1. The molecule has 1 aromatic carbocycles. The van der Waals surface area contributed by atoms with Gasteiger partial charge in [-0.05, 0) is 25.8 Å². The predicted molar refractivity (Wildman–Crippen MR) is 98.3 cm³/mol. The molecule has 5 heteroatoms. The highest BCUT2D eigenvalue weighted by Gasteiger charge is 2.49. The molecule has 0 N–H and O–H groups in total. The molecule has 1 aliphatic rings. The lowest BCUT2D eigenvalue weighted by molar-refractivity contribution is -0.226. The smallest absolute Gasteiger partial charge is 0.333 e. The van der Waals surface area contributed by atoms with Crippen LogP contribution in [0.25, 0.3) is 0 Å². The van der Waals surface area contributed by atoms with Crippen molar-refractivity contribution in [1.29, 1.82) is 0 Å². The Balaban J connectivity index is 2.02. The van der Waals surface area contributed by atoms with Gasteiger partial charge in [-0.25, -0.2) is 9.59 Å². The highest BCUT2D eigenvalue weighted by molar-refractivity contribution is 5.87. The molecule has 0 spiro atoms. The van der Waals surface area contributed by atoms with Gasteiger partial charge in [0.2, 0.25) is 0 Å². The van der Waals surface area contributed by atoms with Gasteiger partial charge in [-0.2, -0.15) is 0 Å². The highest BCUT2D eigenvalue weighted by atomic mass is 16.5. The van der Waals surface area contributed by atoms with E-state index in [1.807, 2.05) is 30.3 Å². The van der Waals surface area contributed by atoms with Crippen molar-refractivity contribution in [1.82, 2.24) is 0 Å². The minimum atomic E-state index is -0.535. The summed E-state index contributed by atoms with van der Waals surface area (Å²) in [7, 11) is 0. The Labute approximate surface area is 154 Å². The lowest BCUT2D eigenvalue weighted by Crippen LogP contribution is -2.52. The summed E-state index contributed by atoms with van der Waals surface area (Å²) in [6.45, 7) is 11.5. The zero-order valence-corrected chi connectivity index (χ0v) is 15.5. The first kappa shape index (κ1) is 19.9. The van der Waals surface area contributed by atoms with E-state index in [0.29, 0.717) is 37.2 Å². The van der Waals surface area contributed by atoms with Crippen LogP contribution in [-0.4, -0.2) is 31.8 Å². The van der Waals surface area contributed by atoms with Crippen LogP contribution in [0.5, 0.6) is 0 Å². The van der Waals surface area contributed by atoms with Gasteiger partial charge in [0.1, 0.15) is 5.60 Å². The van der Waals surface area contributed by atoms with Gasteiger partial charge in [-0.3, -0.25) is 0 Å². The van der Waals surface area contributed by atoms with E-state index in [1.54, 1.807) is 13.8 Å². The second-order valence-corrected chi connectivity index (χ2v) is 6.63. The molecule has 2 atom stereocenters. The molecule has 0 bridgehead atoms. The Morgan fingerprint density at radius 3 is 2.15 bits per heavy atom. The van der Waals surface area contributed by atoms with Crippen LogP contribution in [0.2, 0.25) is 0 Å². The molecule has 0 amide bonds. The molecule has 0 aromatic heterocycles. The monoisotopic (exact) mass is 358 g/mol. The molecule has 140 valence electrons. The molecule has 0 aliphatic carbocycles. The average molecular weight is 358 g/mol. The van der Waals surface area contributed by atoms with Gasteiger partial charge in [-0.15, -0.1) is 0 Å². The van der Waals surface area contributed by atoms with Crippen LogP contribution in [-0.2, 0) is 29.4 Å². The molecule has 1 fully saturated rings. The second kappa shape index (κ2) is 8.81. The number of carbonyl (C=O) groups is 2. The average Bonchev–Trinajstić information content (AvgIpc) is 2.61. The fraction of sp³-hybridized carbons (Fsp3) is 0.429. The topological polar surface area (TPSA) is 61.8 Å². The third-order valence-corrected chi connectivity index (χ3v) is 4.57. The largest absolute Gasteiger partial charge is 0.462 e. The maximum atomic E-state index is 11.6. The van der Waals surface area contributed by atoms with Crippen molar-refractivity contribution in [3.63, 3.8) is 0 Å². The molecule has 0 radical (unpaired) electrons. The van der Waals surface area contributed by atoms with E-state index in [1.165, 1.54) is 0 Å². The lowest BCUT2D eigenvalue weighted by atomic mass is 9.73. The standard InChI is InChI=1S/C21H26O5/c1-15(2)19(22)24-12-10-18-14-26-21(18,17-8-6-5-7-9-17)11-13-25-20(23)16(3)4/h5-9,18H,1,3,10-14H2,2,4H3. The predicted octanol–water partition coefficient (Wildman–Crippen LogP) is 3.55. The summed E-state index contributed by atoms with van der Waals surface area (Å²) < 4.78 is 16.5. The quantitative estimate of drug-likeness (QED) is 0.499. The number of hydrogen-bond acceptors (Lipinski definition) is 5. The molecule has 5 nitrogen and oxygen atoms in total. The molecular formula is C21H26O5. The van der Waals surface area contributed by atoms with Gasteiger partial charge >= 0.3 is 11.9 Å². The minimum Gasteiger partial charge on any atom is -0.462 e. The van der Waals surface area contributed by atoms with Gasteiger partial charge in [0, 0.05) is 23.5 Å². The maximum absolute atomic E-state index is 11.6. The Kier molecular flexibility index (Phi) is 6.75. The first-order chi connectivity index (χ1) is 12.4. The zero-order chi connectivity index (χ0) is 19.2. The number of esters is 2. The number of ether oxygens (including phenoxy) is 3. The van der Waals surface area contributed by atoms with Crippen molar-refractivity contribution in [2.24, 2.45) is 5.92 Å². The van der Waals surface area contributed by atoms with Crippen molar-refractivity contribution in [2.75, 3.05) is 19.8 Å². The normalized spacial score (nSPS) is 21.4. The van der Waals surface area contributed by atoms with Crippen molar-refractivity contribution in [3.8, 4) is 0 Å².